The van der Waals surface area contributed by atoms with Gasteiger partial charge < -0.3 is 16.0 Å². The molecule has 1 aliphatic heterocycles. The zero-order valence-corrected chi connectivity index (χ0v) is 14.1. The Morgan fingerprint density at radius 2 is 2.12 bits per heavy atom. The lowest BCUT2D eigenvalue weighted by Gasteiger charge is -2.32. The van der Waals surface area contributed by atoms with Crippen molar-refractivity contribution in [1.82, 2.24) is 10.2 Å². The standard InChI is InChI=1S/C16H21F2N3O2S/c17-13-4-3-12(8-14(13)18)24-10-15(22)21-7-1-2-11(9-21)16(23)20-6-5-19/h3-4,8,11H,1-2,5-7,9-10,19H2,(H,20,23). The second-order valence-corrected chi connectivity index (χ2v) is 6.67. The molecule has 5 nitrogen and oxygen atoms in total. The van der Waals surface area contributed by atoms with Gasteiger partial charge >= 0.3 is 0 Å². The van der Waals surface area contributed by atoms with Crippen LogP contribution in [0.15, 0.2) is 23.1 Å². The molecule has 3 N–H and O–H groups in total. The van der Waals surface area contributed by atoms with Gasteiger partial charge in [-0.2, -0.15) is 0 Å². The zero-order chi connectivity index (χ0) is 17.5. The number of nitrogens with two attached hydrogens (primary N) is 1. The molecule has 1 aliphatic rings. The maximum absolute atomic E-state index is 13.2. The van der Waals surface area contributed by atoms with E-state index in [4.69, 9.17) is 5.73 Å². The average Bonchev–Trinajstić information content (AvgIpc) is 2.60. The number of carbonyl (C=O) groups excluding carboxylic acids is 2. The highest BCUT2D eigenvalue weighted by molar-refractivity contribution is 8.00. The Bertz CT molecular complexity index is 601. The predicted molar refractivity (Wildman–Crippen MR) is 88.5 cm³/mol. The van der Waals surface area contributed by atoms with E-state index in [9.17, 15) is 18.4 Å². The van der Waals surface area contributed by atoms with Gasteiger partial charge in [-0.05, 0) is 31.0 Å². The average molecular weight is 357 g/mol. The smallest absolute Gasteiger partial charge is 0.232 e. The molecule has 2 amide bonds. The van der Waals surface area contributed by atoms with E-state index in [1.54, 1.807) is 4.90 Å². The number of hydrogen-bond acceptors (Lipinski definition) is 4. The van der Waals surface area contributed by atoms with Crippen LogP contribution in [-0.2, 0) is 9.59 Å². The van der Waals surface area contributed by atoms with Gasteiger partial charge in [0.05, 0.1) is 11.7 Å². The van der Waals surface area contributed by atoms with Gasteiger partial charge in [-0.3, -0.25) is 9.59 Å². The fourth-order valence-corrected chi connectivity index (χ4v) is 3.38. The number of likely N-dealkylation sites (tertiary alicyclic amines) is 1. The molecule has 24 heavy (non-hydrogen) atoms. The van der Waals surface area contributed by atoms with E-state index in [2.05, 4.69) is 5.32 Å². The molecule has 1 atom stereocenters. The number of nitrogens with zero attached hydrogens (tertiary/aromatic N) is 1. The second kappa shape index (κ2) is 8.98. The van der Waals surface area contributed by atoms with E-state index < -0.39 is 11.6 Å². The van der Waals surface area contributed by atoms with Crippen molar-refractivity contribution in [3.05, 3.63) is 29.8 Å². The van der Waals surface area contributed by atoms with E-state index >= 15 is 0 Å². The monoisotopic (exact) mass is 357 g/mol. The van der Waals surface area contributed by atoms with Gasteiger partial charge in [0.1, 0.15) is 0 Å². The number of thioether (sulfide) groups is 1. The molecule has 0 aromatic heterocycles. The minimum Gasteiger partial charge on any atom is -0.355 e. The van der Waals surface area contributed by atoms with Crippen molar-refractivity contribution >= 4 is 23.6 Å². The Kier molecular flexibility index (Phi) is 6.99. The number of benzene rings is 1. The molecule has 8 heteroatoms. The van der Waals surface area contributed by atoms with Crippen molar-refractivity contribution < 1.29 is 18.4 Å². The highest BCUT2D eigenvalue weighted by Crippen LogP contribution is 2.22. The van der Waals surface area contributed by atoms with Crippen LogP contribution in [0, 0.1) is 17.6 Å². The Hall–Kier alpha value is -1.67. The normalized spacial score (nSPS) is 17.6. The molecule has 0 spiro atoms. The van der Waals surface area contributed by atoms with Crippen molar-refractivity contribution in [3.63, 3.8) is 0 Å². The Morgan fingerprint density at radius 3 is 2.83 bits per heavy atom. The summed E-state index contributed by atoms with van der Waals surface area (Å²) in [6.45, 7) is 1.80. The summed E-state index contributed by atoms with van der Waals surface area (Å²) in [5.74, 6) is -2.12. The first-order valence-electron chi connectivity index (χ1n) is 7.84. The van der Waals surface area contributed by atoms with Crippen LogP contribution in [0.4, 0.5) is 8.78 Å². The van der Waals surface area contributed by atoms with E-state index in [1.165, 1.54) is 6.07 Å². The molecule has 1 fully saturated rings. The van der Waals surface area contributed by atoms with Crippen molar-refractivity contribution in [2.45, 2.75) is 17.7 Å². The molecule has 0 bridgehead atoms. The zero-order valence-electron chi connectivity index (χ0n) is 13.3. The molecule has 1 unspecified atom stereocenters. The highest BCUT2D eigenvalue weighted by Gasteiger charge is 2.28. The summed E-state index contributed by atoms with van der Waals surface area (Å²) >= 11 is 1.15. The Balaban J connectivity index is 1.85. The fraction of sp³-hybridized carbons (Fsp3) is 0.500. The van der Waals surface area contributed by atoms with Gasteiger partial charge in [0.2, 0.25) is 11.8 Å². The molecule has 1 saturated heterocycles. The largest absolute Gasteiger partial charge is 0.355 e. The lowest BCUT2D eigenvalue weighted by atomic mass is 9.97. The number of rotatable bonds is 6. The first-order chi connectivity index (χ1) is 11.5. The maximum Gasteiger partial charge on any atom is 0.232 e. The molecule has 0 saturated carbocycles. The van der Waals surface area contributed by atoms with Crippen LogP contribution in [0.5, 0.6) is 0 Å². The summed E-state index contributed by atoms with van der Waals surface area (Å²) in [6, 6.07) is 3.56. The molecule has 1 heterocycles. The number of halogens is 2. The van der Waals surface area contributed by atoms with E-state index in [1.807, 2.05) is 0 Å². The summed E-state index contributed by atoms with van der Waals surface area (Å²) < 4.78 is 26.1. The van der Waals surface area contributed by atoms with Gasteiger partial charge in [0, 0.05) is 31.1 Å². The first kappa shape index (κ1) is 18.7. The van der Waals surface area contributed by atoms with Crippen LogP contribution < -0.4 is 11.1 Å². The van der Waals surface area contributed by atoms with E-state index in [-0.39, 0.29) is 23.5 Å². The Labute approximate surface area is 144 Å². The lowest BCUT2D eigenvalue weighted by molar-refractivity contribution is -0.133. The van der Waals surface area contributed by atoms with E-state index in [0.29, 0.717) is 31.1 Å². The summed E-state index contributed by atoms with van der Waals surface area (Å²) in [4.78, 5) is 26.4. The van der Waals surface area contributed by atoms with Gasteiger partial charge in [0.25, 0.3) is 0 Å². The summed E-state index contributed by atoms with van der Waals surface area (Å²) in [7, 11) is 0. The molecule has 132 valence electrons. The van der Waals surface area contributed by atoms with Crippen molar-refractivity contribution in [2.75, 3.05) is 31.9 Å². The first-order valence-corrected chi connectivity index (χ1v) is 8.83. The van der Waals surface area contributed by atoms with Crippen molar-refractivity contribution in [3.8, 4) is 0 Å². The molecule has 1 aromatic rings. The number of nitrogens with one attached hydrogen (secondary N) is 1. The fourth-order valence-electron chi connectivity index (χ4n) is 2.56. The quantitative estimate of drug-likeness (QED) is 0.754. The van der Waals surface area contributed by atoms with Crippen molar-refractivity contribution in [1.29, 1.82) is 0 Å². The number of carbonyl (C=O) groups is 2. The Morgan fingerprint density at radius 1 is 1.33 bits per heavy atom. The minimum absolute atomic E-state index is 0.0776. The molecular formula is C16H21F2N3O2S. The summed E-state index contributed by atoms with van der Waals surface area (Å²) in [5.41, 5.74) is 5.36. The SMILES string of the molecule is NCCNC(=O)C1CCCN(C(=O)CSc2ccc(F)c(F)c2)C1. The van der Waals surface area contributed by atoms with Crippen LogP contribution in [0.2, 0.25) is 0 Å². The van der Waals surface area contributed by atoms with Gasteiger partial charge in [0.15, 0.2) is 11.6 Å². The van der Waals surface area contributed by atoms with E-state index in [0.717, 1.165) is 36.7 Å². The predicted octanol–water partition coefficient (Wildman–Crippen LogP) is 1.37. The molecule has 0 radical (unpaired) electrons. The van der Waals surface area contributed by atoms with Gasteiger partial charge in [-0.25, -0.2) is 8.78 Å². The third kappa shape index (κ3) is 5.17. The van der Waals surface area contributed by atoms with Crippen LogP contribution in [0.25, 0.3) is 0 Å². The molecule has 0 aliphatic carbocycles. The minimum atomic E-state index is -0.929. The van der Waals surface area contributed by atoms with Gasteiger partial charge in [-0.15, -0.1) is 11.8 Å². The topological polar surface area (TPSA) is 75.4 Å². The van der Waals surface area contributed by atoms with Crippen molar-refractivity contribution in [2.24, 2.45) is 11.7 Å². The van der Waals surface area contributed by atoms with Crippen LogP contribution >= 0.6 is 11.8 Å². The number of hydrogen-bond donors (Lipinski definition) is 2. The third-order valence-corrected chi connectivity index (χ3v) is 4.82. The summed E-state index contributed by atoms with van der Waals surface area (Å²) in [6.07, 6.45) is 1.51. The van der Waals surface area contributed by atoms with Gasteiger partial charge in [-0.1, -0.05) is 0 Å². The van der Waals surface area contributed by atoms with Crippen LogP contribution in [-0.4, -0.2) is 48.6 Å². The summed E-state index contributed by atoms with van der Waals surface area (Å²) in [5, 5.41) is 2.75. The number of amides is 2. The molecular weight excluding hydrogens is 336 g/mol. The molecule has 1 aromatic carbocycles. The number of piperidine rings is 1. The molecule has 2 rings (SSSR count). The van der Waals surface area contributed by atoms with Crippen LogP contribution in [0.3, 0.4) is 0 Å². The second-order valence-electron chi connectivity index (χ2n) is 5.62. The van der Waals surface area contributed by atoms with Crippen LogP contribution in [0.1, 0.15) is 12.8 Å². The lowest BCUT2D eigenvalue weighted by Crippen LogP contribution is -2.46. The third-order valence-electron chi connectivity index (χ3n) is 3.84. The maximum atomic E-state index is 13.2. The highest BCUT2D eigenvalue weighted by atomic mass is 32.2.